The highest BCUT2D eigenvalue weighted by atomic mass is 16.5. The quantitative estimate of drug-likeness (QED) is 0.828. The molecule has 0 aromatic carbocycles. The van der Waals surface area contributed by atoms with Crippen LogP contribution in [-0.2, 0) is 4.74 Å². The summed E-state index contributed by atoms with van der Waals surface area (Å²) < 4.78 is 6.44. The van der Waals surface area contributed by atoms with Gasteiger partial charge in [0.2, 0.25) is 0 Å². The lowest BCUT2D eigenvalue weighted by Crippen LogP contribution is -2.35. The first-order valence-electron chi connectivity index (χ1n) is 8.21. The average Bonchev–Trinajstić information content (AvgIpc) is 3.01. The Hall–Kier alpha value is -0.0800. The fraction of sp³-hybridized carbons (Fsp3) is 1.00. The molecule has 1 aliphatic heterocycles. The second kappa shape index (κ2) is 5.50. The monoisotopic (exact) mass is 251 g/mol. The molecule has 1 spiro atoms. The molecule has 3 fully saturated rings. The second-order valence-corrected chi connectivity index (χ2v) is 6.97. The maximum Gasteiger partial charge on any atom is 0.0687 e. The van der Waals surface area contributed by atoms with Gasteiger partial charge in [-0.1, -0.05) is 32.1 Å². The van der Waals surface area contributed by atoms with Crippen molar-refractivity contribution in [1.82, 2.24) is 0 Å². The van der Waals surface area contributed by atoms with E-state index in [1.165, 1.54) is 70.6 Å². The number of nitrogens with two attached hydrogens (primary N) is 1. The van der Waals surface area contributed by atoms with Crippen molar-refractivity contribution in [1.29, 1.82) is 0 Å². The topological polar surface area (TPSA) is 35.2 Å². The number of rotatable bonds is 3. The number of ether oxygens (including phenoxy) is 1. The van der Waals surface area contributed by atoms with Crippen LogP contribution >= 0.6 is 0 Å². The van der Waals surface area contributed by atoms with Crippen molar-refractivity contribution in [2.24, 2.45) is 11.7 Å². The van der Waals surface area contributed by atoms with Gasteiger partial charge in [-0.05, 0) is 50.9 Å². The molecule has 0 bridgehead atoms. The fourth-order valence-electron chi connectivity index (χ4n) is 4.51. The van der Waals surface area contributed by atoms with Gasteiger partial charge in [-0.15, -0.1) is 0 Å². The summed E-state index contributed by atoms with van der Waals surface area (Å²) in [6, 6.07) is 0.399. The van der Waals surface area contributed by atoms with Crippen LogP contribution in [0, 0.1) is 5.92 Å². The van der Waals surface area contributed by atoms with Gasteiger partial charge in [-0.25, -0.2) is 0 Å². The predicted octanol–water partition coefficient (Wildman–Crippen LogP) is 3.78. The fourth-order valence-corrected chi connectivity index (χ4v) is 4.51. The molecule has 2 aliphatic carbocycles. The average molecular weight is 251 g/mol. The van der Waals surface area contributed by atoms with Crippen molar-refractivity contribution in [3.05, 3.63) is 0 Å². The van der Waals surface area contributed by atoms with Gasteiger partial charge in [0.25, 0.3) is 0 Å². The number of hydrogen-bond donors (Lipinski definition) is 1. The van der Waals surface area contributed by atoms with Crippen LogP contribution in [0.1, 0.15) is 77.0 Å². The summed E-state index contributed by atoms with van der Waals surface area (Å²) in [5, 5.41) is 0. The lowest BCUT2D eigenvalue weighted by molar-refractivity contribution is -0.0683. The van der Waals surface area contributed by atoms with E-state index in [9.17, 15) is 0 Å². The molecule has 2 saturated carbocycles. The second-order valence-electron chi connectivity index (χ2n) is 6.97. The summed E-state index contributed by atoms with van der Waals surface area (Å²) in [4.78, 5) is 0. The normalized spacial score (nSPS) is 34.2. The molecule has 0 radical (unpaired) electrons. The minimum absolute atomic E-state index is 0.276. The van der Waals surface area contributed by atoms with Gasteiger partial charge in [0.15, 0.2) is 0 Å². The van der Waals surface area contributed by atoms with E-state index in [4.69, 9.17) is 10.5 Å². The molecule has 2 heteroatoms. The Kier molecular flexibility index (Phi) is 3.95. The minimum Gasteiger partial charge on any atom is -0.372 e. The van der Waals surface area contributed by atoms with Crippen molar-refractivity contribution in [2.45, 2.75) is 94.8 Å². The molecule has 2 N–H and O–H groups in total. The maximum absolute atomic E-state index is 6.44. The van der Waals surface area contributed by atoms with Crippen LogP contribution in [0.25, 0.3) is 0 Å². The van der Waals surface area contributed by atoms with Crippen molar-refractivity contribution in [3.8, 4) is 0 Å². The summed E-state index contributed by atoms with van der Waals surface area (Å²) in [5.74, 6) is 0.788. The van der Waals surface area contributed by atoms with Crippen molar-refractivity contribution >= 4 is 0 Å². The summed E-state index contributed by atoms with van der Waals surface area (Å²) in [6.45, 7) is 0. The van der Waals surface area contributed by atoms with Crippen LogP contribution < -0.4 is 5.73 Å². The van der Waals surface area contributed by atoms with Gasteiger partial charge in [0.05, 0.1) is 11.7 Å². The zero-order valence-electron chi connectivity index (χ0n) is 11.7. The van der Waals surface area contributed by atoms with Crippen LogP contribution in [-0.4, -0.2) is 17.7 Å². The Morgan fingerprint density at radius 2 is 1.67 bits per heavy atom. The molecule has 104 valence electrons. The van der Waals surface area contributed by atoms with E-state index >= 15 is 0 Å². The van der Waals surface area contributed by atoms with Gasteiger partial charge in [0.1, 0.15) is 0 Å². The van der Waals surface area contributed by atoms with Crippen LogP contribution in [0.2, 0.25) is 0 Å². The molecule has 18 heavy (non-hydrogen) atoms. The third kappa shape index (κ3) is 2.75. The molecule has 0 aromatic rings. The van der Waals surface area contributed by atoms with E-state index in [-0.39, 0.29) is 5.60 Å². The Bertz CT molecular complexity index is 266. The van der Waals surface area contributed by atoms with Crippen LogP contribution in [0.15, 0.2) is 0 Å². The lowest BCUT2D eigenvalue weighted by Gasteiger charge is -2.34. The summed E-state index contributed by atoms with van der Waals surface area (Å²) in [5.41, 5.74) is 6.67. The van der Waals surface area contributed by atoms with Crippen LogP contribution in [0.3, 0.4) is 0 Å². The van der Waals surface area contributed by atoms with Gasteiger partial charge in [-0.3, -0.25) is 0 Å². The maximum atomic E-state index is 6.44. The number of hydrogen-bond acceptors (Lipinski definition) is 2. The molecule has 2 unspecified atom stereocenters. The molecule has 1 saturated heterocycles. The molecule has 3 rings (SSSR count). The van der Waals surface area contributed by atoms with Gasteiger partial charge < -0.3 is 10.5 Å². The summed E-state index contributed by atoms with van der Waals surface area (Å²) >= 11 is 0. The molecule has 0 amide bonds. The van der Waals surface area contributed by atoms with E-state index < -0.39 is 0 Å². The molecule has 1 heterocycles. The van der Waals surface area contributed by atoms with E-state index in [2.05, 4.69) is 0 Å². The van der Waals surface area contributed by atoms with Crippen molar-refractivity contribution in [3.63, 3.8) is 0 Å². The lowest BCUT2D eigenvalue weighted by atomic mass is 9.83. The minimum atomic E-state index is 0.276. The highest BCUT2D eigenvalue weighted by molar-refractivity contribution is 4.93. The first kappa shape index (κ1) is 12.9. The molecule has 3 aliphatic rings. The third-order valence-electron chi connectivity index (χ3n) is 5.64. The van der Waals surface area contributed by atoms with Gasteiger partial charge >= 0.3 is 0 Å². The largest absolute Gasteiger partial charge is 0.372 e. The smallest absolute Gasteiger partial charge is 0.0687 e. The molecule has 2 nitrogen and oxygen atoms in total. The van der Waals surface area contributed by atoms with E-state index in [1.54, 1.807) is 0 Å². The van der Waals surface area contributed by atoms with Gasteiger partial charge in [-0.2, -0.15) is 0 Å². The SMILES string of the molecule is NC(CC1CCC2(CCCCC2)O1)C1CCCC1. The first-order chi connectivity index (χ1) is 8.77. The molecular formula is C16H29NO. The highest BCUT2D eigenvalue weighted by Crippen LogP contribution is 2.43. The third-order valence-corrected chi connectivity index (χ3v) is 5.64. The van der Waals surface area contributed by atoms with Crippen LogP contribution in [0.5, 0.6) is 0 Å². The van der Waals surface area contributed by atoms with E-state index in [0.29, 0.717) is 12.1 Å². The van der Waals surface area contributed by atoms with Gasteiger partial charge in [0, 0.05) is 6.04 Å². The zero-order valence-corrected chi connectivity index (χ0v) is 11.7. The molecule has 2 atom stereocenters. The Balaban J connectivity index is 1.49. The summed E-state index contributed by atoms with van der Waals surface area (Å²) in [7, 11) is 0. The first-order valence-corrected chi connectivity index (χ1v) is 8.21. The van der Waals surface area contributed by atoms with E-state index in [0.717, 1.165) is 12.3 Å². The Morgan fingerprint density at radius 3 is 2.39 bits per heavy atom. The zero-order chi connectivity index (χ0) is 12.4. The van der Waals surface area contributed by atoms with Crippen LogP contribution in [0.4, 0.5) is 0 Å². The Morgan fingerprint density at radius 1 is 0.944 bits per heavy atom. The van der Waals surface area contributed by atoms with E-state index in [1.807, 2.05) is 0 Å². The predicted molar refractivity (Wildman–Crippen MR) is 74.5 cm³/mol. The molecular weight excluding hydrogens is 222 g/mol. The molecule has 0 aromatic heterocycles. The Labute approximate surface area is 112 Å². The summed E-state index contributed by atoms with van der Waals surface area (Å²) in [6.07, 6.45) is 16.4. The highest BCUT2D eigenvalue weighted by Gasteiger charge is 2.41. The van der Waals surface area contributed by atoms with Crippen molar-refractivity contribution in [2.75, 3.05) is 0 Å². The van der Waals surface area contributed by atoms with Crippen molar-refractivity contribution < 1.29 is 4.74 Å². The standard InChI is InChI=1S/C16H29NO/c17-15(13-6-2-3-7-13)12-14-8-11-16(18-14)9-4-1-5-10-16/h13-15H,1-12,17H2.